The number of carbonyl (C=O) groups is 1. The van der Waals surface area contributed by atoms with Gasteiger partial charge in [-0.05, 0) is 31.4 Å². The molecule has 0 fully saturated rings. The number of nitrogen functional groups attached to an aromatic ring is 1. The van der Waals surface area contributed by atoms with E-state index in [2.05, 4.69) is 39.1 Å². The molecule has 0 radical (unpaired) electrons. The highest BCUT2D eigenvalue weighted by atomic mass is 16.5. The highest BCUT2D eigenvalue weighted by Gasteiger charge is 2.20. The number of nitrogens with zero attached hydrogens (tertiary/aromatic N) is 4. The molecule has 0 saturated carbocycles. The van der Waals surface area contributed by atoms with Crippen molar-refractivity contribution in [3.05, 3.63) is 41.2 Å². The summed E-state index contributed by atoms with van der Waals surface area (Å²) in [5.74, 6) is 1.63. The van der Waals surface area contributed by atoms with E-state index in [0.29, 0.717) is 56.5 Å². The molecule has 2 aromatic heterocycles. The van der Waals surface area contributed by atoms with E-state index in [1.807, 2.05) is 26.0 Å². The van der Waals surface area contributed by atoms with Crippen molar-refractivity contribution in [3.63, 3.8) is 0 Å². The number of hydrogen-bond acceptors (Lipinski definition) is 8. The summed E-state index contributed by atoms with van der Waals surface area (Å²) in [4.78, 5) is 16.9. The van der Waals surface area contributed by atoms with E-state index in [-0.39, 0.29) is 12.0 Å². The van der Waals surface area contributed by atoms with Gasteiger partial charge < -0.3 is 29.8 Å². The lowest BCUT2D eigenvalue weighted by Crippen LogP contribution is -2.24. The Hall–Kier alpha value is -3.24. The number of benzene rings is 1. The van der Waals surface area contributed by atoms with Gasteiger partial charge in [-0.15, -0.1) is 10.2 Å². The standard InChI is InChI=1S/C26H38N6O4/c1-5-6-7-21-29-23-24(26(36-18(2)3)31-30-25(23)27)32(21)17-20-10-8-19(9-11-20)16-28-22(33)12-13-35-15-14-34-4/h8-11,18H,5-7,12-17H2,1-4H3,(H2,27,30)(H,28,33). The molecule has 36 heavy (non-hydrogen) atoms. The lowest BCUT2D eigenvalue weighted by atomic mass is 10.1. The van der Waals surface area contributed by atoms with Crippen LogP contribution in [0.2, 0.25) is 0 Å². The summed E-state index contributed by atoms with van der Waals surface area (Å²) in [5, 5.41) is 11.2. The molecule has 0 atom stereocenters. The topological polar surface area (TPSA) is 126 Å². The minimum atomic E-state index is -0.0556. The molecular weight excluding hydrogens is 460 g/mol. The van der Waals surface area contributed by atoms with Crippen molar-refractivity contribution in [2.75, 3.05) is 32.7 Å². The third kappa shape index (κ3) is 7.63. The normalized spacial score (nSPS) is 11.4. The lowest BCUT2D eigenvalue weighted by molar-refractivity contribution is -0.122. The van der Waals surface area contributed by atoms with Gasteiger partial charge in [0.15, 0.2) is 5.82 Å². The van der Waals surface area contributed by atoms with Crippen molar-refractivity contribution in [1.29, 1.82) is 0 Å². The molecule has 196 valence electrons. The largest absolute Gasteiger partial charge is 0.472 e. The fourth-order valence-electron chi connectivity index (χ4n) is 3.73. The third-order valence-electron chi connectivity index (χ3n) is 5.60. The summed E-state index contributed by atoms with van der Waals surface area (Å²) in [6, 6.07) is 8.17. The highest BCUT2D eigenvalue weighted by Crippen LogP contribution is 2.29. The van der Waals surface area contributed by atoms with Crippen LogP contribution < -0.4 is 15.8 Å². The summed E-state index contributed by atoms with van der Waals surface area (Å²) in [7, 11) is 1.62. The van der Waals surface area contributed by atoms with Crippen LogP contribution in [0.5, 0.6) is 5.88 Å². The van der Waals surface area contributed by atoms with Gasteiger partial charge in [0.2, 0.25) is 5.91 Å². The highest BCUT2D eigenvalue weighted by molar-refractivity contribution is 5.88. The van der Waals surface area contributed by atoms with Gasteiger partial charge in [-0.25, -0.2) is 4.98 Å². The maximum atomic E-state index is 12.0. The Balaban J connectivity index is 1.72. The molecule has 0 bridgehead atoms. The van der Waals surface area contributed by atoms with Crippen LogP contribution in [-0.2, 0) is 33.8 Å². The van der Waals surface area contributed by atoms with Crippen molar-refractivity contribution in [2.24, 2.45) is 0 Å². The first-order chi connectivity index (χ1) is 17.4. The summed E-state index contributed by atoms with van der Waals surface area (Å²) >= 11 is 0. The second-order valence-corrected chi connectivity index (χ2v) is 8.92. The summed E-state index contributed by atoms with van der Waals surface area (Å²) in [6.07, 6.45) is 3.17. The second-order valence-electron chi connectivity index (χ2n) is 8.92. The monoisotopic (exact) mass is 498 g/mol. The fraction of sp³-hybridized carbons (Fsp3) is 0.538. The number of aromatic nitrogens is 4. The lowest BCUT2D eigenvalue weighted by Gasteiger charge is -2.14. The Morgan fingerprint density at radius 3 is 2.56 bits per heavy atom. The molecule has 1 amide bonds. The van der Waals surface area contributed by atoms with E-state index >= 15 is 0 Å². The zero-order chi connectivity index (χ0) is 25.9. The number of unbranched alkanes of at least 4 members (excludes halogenated alkanes) is 1. The van der Waals surface area contributed by atoms with Gasteiger partial charge in [-0.1, -0.05) is 37.6 Å². The molecule has 10 nitrogen and oxygen atoms in total. The minimum absolute atomic E-state index is 0.0432. The summed E-state index contributed by atoms with van der Waals surface area (Å²) in [6.45, 7) is 8.52. The predicted octanol–water partition coefficient (Wildman–Crippen LogP) is 3.26. The Kier molecular flexibility index (Phi) is 10.4. The molecule has 0 aliphatic heterocycles. The summed E-state index contributed by atoms with van der Waals surface area (Å²) < 4.78 is 18.4. The van der Waals surface area contributed by atoms with E-state index < -0.39 is 0 Å². The first-order valence-corrected chi connectivity index (χ1v) is 12.5. The Morgan fingerprint density at radius 2 is 1.86 bits per heavy atom. The van der Waals surface area contributed by atoms with Crippen molar-refractivity contribution < 1.29 is 19.0 Å². The van der Waals surface area contributed by atoms with Gasteiger partial charge in [-0.2, -0.15) is 0 Å². The van der Waals surface area contributed by atoms with Crippen LogP contribution in [0.3, 0.4) is 0 Å². The van der Waals surface area contributed by atoms with E-state index in [0.717, 1.165) is 41.7 Å². The smallest absolute Gasteiger partial charge is 0.260 e. The summed E-state index contributed by atoms with van der Waals surface area (Å²) in [5.41, 5.74) is 9.65. The number of methoxy groups -OCH3 is 1. The quantitative estimate of drug-likeness (QED) is 0.306. The van der Waals surface area contributed by atoms with Crippen LogP contribution in [0, 0.1) is 0 Å². The van der Waals surface area contributed by atoms with E-state index in [1.54, 1.807) is 7.11 Å². The molecule has 2 heterocycles. The van der Waals surface area contributed by atoms with E-state index in [1.165, 1.54) is 0 Å². The van der Waals surface area contributed by atoms with Crippen LogP contribution in [0.25, 0.3) is 11.0 Å². The second kappa shape index (κ2) is 13.7. The zero-order valence-corrected chi connectivity index (χ0v) is 21.7. The maximum Gasteiger partial charge on any atom is 0.260 e. The average molecular weight is 499 g/mol. The number of anilines is 1. The molecule has 3 N–H and O–H groups in total. The van der Waals surface area contributed by atoms with Gasteiger partial charge in [0, 0.05) is 33.0 Å². The van der Waals surface area contributed by atoms with Crippen molar-refractivity contribution >= 4 is 22.8 Å². The number of nitrogens with two attached hydrogens (primary N) is 1. The number of nitrogens with one attached hydrogen (secondary N) is 1. The number of hydrogen-bond donors (Lipinski definition) is 2. The van der Waals surface area contributed by atoms with Crippen LogP contribution in [0.4, 0.5) is 5.82 Å². The number of amides is 1. The van der Waals surface area contributed by atoms with Gasteiger partial charge in [0.25, 0.3) is 5.88 Å². The molecule has 0 spiro atoms. The molecule has 0 unspecified atom stereocenters. The molecule has 0 aliphatic rings. The molecule has 1 aromatic carbocycles. The SMILES string of the molecule is CCCCc1nc2c(N)nnc(OC(C)C)c2n1Cc1ccc(CNC(=O)CCOCCOC)cc1. The van der Waals surface area contributed by atoms with Gasteiger partial charge >= 0.3 is 0 Å². The van der Waals surface area contributed by atoms with Crippen LogP contribution in [0.1, 0.15) is 57.0 Å². The number of rotatable bonds is 15. The van der Waals surface area contributed by atoms with E-state index in [9.17, 15) is 4.79 Å². The predicted molar refractivity (Wildman–Crippen MR) is 139 cm³/mol. The van der Waals surface area contributed by atoms with Crippen molar-refractivity contribution in [2.45, 2.75) is 65.6 Å². The molecular formula is C26H38N6O4. The van der Waals surface area contributed by atoms with Crippen LogP contribution in [0.15, 0.2) is 24.3 Å². The number of aryl methyl sites for hydroxylation is 1. The maximum absolute atomic E-state index is 12.0. The molecule has 3 aromatic rings. The average Bonchev–Trinajstić information content (AvgIpc) is 3.22. The Bertz CT molecular complexity index is 1110. The van der Waals surface area contributed by atoms with Crippen LogP contribution in [-0.4, -0.2) is 58.7 Å². The molecule has 0 aliphatic carbocycles. The molecule has 10 heteroatoms. The number of ether oxygens (including phenoxy) is 3. The number of carbonyl (C=O) groups excluding carboxylic acids is 1. The number of fused-ring (bicyclic) bond motifs is 1. The van der Waals surface area contributed by atoms with E-state index in [4.69, 9.17) is 24.9 Å². The van der Waals surface area contributed by atoms with Gasteiger partial charge in [-0.3, -0.25) is 4.79 Å². The van der Waals surface area contributed by atoms with Crippen molar-refractivity contribution in [1.82, 2.24) is 25.1 Å². The van der Waals surface area contributed by atoms with Gasteiger partial charge in [0.1, 0.15) is 16.9 Å². The minimum Gasteiger partial charge on any atom is -0.472 e. The number of imidazole rings is 1. The van der Waals surface area contributed by atoms with Crippen molar-refractivity contribution in [3.8, 4) is 5.88 Å². The zero-order valence-electron chi connectivity index (χ0n) is 21.7. The first kappa shape index (κ1) is 27.3. The Morgan fingerprint density at radius 1 is 1.11 bits per heavy atom. The van der Waals surface area contributed by atoms with Gasteiger partial charge in [0.05, 0.1) is 25.9 Å². The molecule has 0 saturated heterocycles. The molecule has 3 rings (SSSR count). The third-order valence-corrected chi connectivity index (χ3v) is 5.60. The fourth-order valence-corrected chi connectivity index (χ4v) is 3.73. The first-order valence-electron chi connectivity index (χ1n) is 12.5. The Labute approximate surface area is 212 Å². The van der Waals surface area contributed by atoms with Crippen LogP contribution >= 0.6 is 0 Å².